The topological polar surface area (TPSA) is 57.6 Å². The summed E-state index contributed by atoms with van der Waals surface area (Å²) in [4.78, 5) is 24.5. The maximum absolute atomic E-state index is 12.3. The summed E-state index contributed by atoms with van der Waals surface area (Å²) < 4.78 is 0. The third-order valence-electron chi connectivity index (χ3n) is 3.77. The van der Waals surface area contributed by atoms with E-state index in [1.807, 2.05) is 19.9 Å². The smallest absolute Gasteiger partial charge is 0.323 e. The zero-order valence-electron chi connectivity index (χ0n) is 12.1. The highest BCUT2D eigenvalue weighted by Crippen LogP contribution is 2.23. The second-order valence-corrected chi connectivity index (χ2v) is 5.64. The minimum absolute atomic E-state index is 0.104. The van der Waals surface area contributed by atoms with Crippen molar-refractivity contribution < 1.29 is 14.7 Å². The van der Waals surface area contributed by atoms with Crippen LogP contribution < -0.4 is 0 Å². The fraction of sp³-hybridized carbons (Fsp3) is 0.500. The Morgan fingerprint density at radius 1 is 1.25 bits per heavy atom. The van der Waals surface area contributed by atoms with Gasteiger partial charge in [-0.3, -0.25) is 9.59 Å². The van der Waals surface area contributed by atoms with Crippen LogP contribution in [0.5, 0.6) is 0 Å². The van der Waals surface area contributed by atoms with Gasteiger partial charge in [-0.2, -0.15) is 0 Å². The van der Waals surface area contributed by atoms with E-state index in [0.29, 0.717) is 0 Å². The number of aryl methyl sites for hydroxylation is 2. The van der Waals surface area contributed by atoms with Crippen molar-refractivity contribution in [3.8, 4) is 0 Å². The van der Waals surface area contributed by atoms with E-state index in [4.69, 9.17) is 5.11 Å². The maximum atomic E-state index is 12.3. The summed E-state index contributed by atoms with van der Waals surface area (Å²) in [6, 6.07) is 6.08. The molecule has 20 heavy (non-hydrogen) atoms. The van der Waals surface area contributed by atoms with Gasteiger partial charge in [0, 0.05) is 6.04 Å². The Morgan fingerprint density at radius 2 is 1.95 bits per heavy atom. The molecular weight excluding hydrogens is 254 g/mol. The normalized spacial score (nSPS) is 13.3. The standard InChI is InChI=1S/C16H21NO3/c1-11(2)17(10-16(19)20)15(18)9-12-6-7-13-4-3-5-14(13)8-12/h6-8,11H,3-5,9-10H2,1-2H3,(H,19,20). The Hall–Kier alpha value is -1.84. The predicted molar refractivity (Wildman–Crippen MR) is 76.7 cm³/mol. The van der Waals surface area contributed by atoms with E-state index >= 15 is 0 Å². The van der Waals surface area contributed by atoms with Gasteiger partial charge in [-0.05, 0) is 49.8 Å². The van der Waals surface area contributed by atoms with Crippen LogP contribution in [0.1, 0.15) is 37.0 Å². The molecule has 4 nitrogen and oxygen atoms in total. The van der Waals surface area contributed by atoms with Crippen LogP contribution in [0.25, 0.3) is 0 Å². The van der Waals surface area contributed by atoms with Gasteiger partial charge in [-0.1, -0.05) is 18.2 Å². The molecule has 4 heteroatoms. The summed E-state index contributed by atoms with van der Waals surface area (Å²) in [5.74, 6) is -1.10. The lowest BCUT2D eigenvalue weighted by atomic mass is 10.0. The van der Waals surface area contributed by atoms with Crippen molar-refractivity contribution in [1.82, 2.24) is 4.90 Å². The molecule has 0 fully saturated rings. The maximum Gasteiger partial charge on any atom is 0.323 e. The third kappa shape index (κ3) is 3.38. The molecule has 0 spiro atoms. The first-order valence-corrected chi connectivity index (χ1v) is 7.09. The van der Waals surface area contributed by atoms with E-state index in [-0.39, 0.29) is 24.9 Å². The quantitative estimate of drug-likeness (QED) is 0.894. The van der Waals surface area contributed by atoms with E-state index in [1.165, 1.54) is 22.4 Å². The van der Waals surface area contributed by atoms with E-state index in [0.717, 1.165) is 18.4 Å². The highest BCUT2D eigenvalue weighted by atomic mass is 16.4. The average molecular weight is 275 g/mol. The van der Waals surface area contributed by atoms with Crippen LogP contribution in [-0.2, 0) is 28.9 Å². The number of hydrogen-bond donors (Lipinski definition) is 1. The molecule has 0 bridgehead atoms. The predicted octanol–water partition coefficient (Wildman–Crippen LogP) is 2.04. The van der Waals surface area contributed by atoms with Crippen molar-refractivity contribution in [3.05, 3.63) is 34.9 Å². The van der Waals surface area contributed by atoms with Crippen LogP contribution in [0.2, 0.25) is 0 Å². The Morgan fingerprint density at radius 3 is 2.60 bits per heavy atom. The lowest BCUT2D eigenvalue weighted by Crippen LogP contribution is -2.41. The fourth-order valence-electron chi connectivity index (χ4n) is 2.72. The molecule has 0 heterocycles. The van der Waals surface area contributed by atoms with Crippen molar-refractivity contribution in [2.45, 2.75) is 45.6 Å². The third-order valence-corrected chi connectivity index (χ3v) is 3.77. The number of carboxylic acid groups (broad SMARTS) is 1. The van der Waals surface area contributed by atoms with Crippen LogP contribution in [-0.4, -0.2) is 34.5 Å². The summed E-state index contributed by atoms with van der Waals surface area (Å²) in [6.45, 7) is 3.44. The largest absolute Gasteiger partial charge is 0.480 e. The van der Waals surface area contributed by atoms with E-state index in [1.54, 1.807) is 0 Å². The first kappa shape index (κ1) is 14.6. The first-order valence-electron chi connectivity index (χ1n) is 7.09. The summed E-state index contributed by atoms with van der Waals surface area (Å²) >= 11 is 0. The van der Waals surface area contributed by atoms with Gasteiger partial charge < -0.3 is 10.0 Å². The Balaban J connectivity index is 2.07. The Kier molecular flexibility index (Phi) is 4.42. The van der Waals surface area contributed by atoms with Crippen LogP contribution in [0, 0.1) is 0 Å². The number of carbonyl (C=O) groups is 2. The number of fused-ring (bicyclic) bond motifs is 1. The Labute approximate surface area is 119 Å². The molecule has 1 N–H and O–H groups in total. The van der Waals surface area contributed by atoms with Gasteiger partial charge in [0.05, 0.1) is 6.42 Å². The molecule has 1 aromatic carbocycles. The molecule has 108 valence electrons. The number of aliphatic carboxylic acids is 1. The van der Waals surface area contributed by atoms with Crippen LogP contribution in [0.3, 0.4) is 0 Å². The first-order chi connectivity index (χ1) is 9.47. The number of rotatable bonds is 5. The van der Waals surface area contributed by atoms with E-state index < -0.39 is 5.97 Å². The molecule has 0 aliphatic heterocycles. The van der Waals surface area contributed by atoms with Crippen LogP contribution in [0.4, 0.5) is 0 Å². The highest BCUT2D eigenvalue weighted by molar-refractivity contribution is 5.83. The SMILES string of the molecule is CC(C)N(CC(=O)O)C(=O)Cc1ccc2c(c1)CCC2. The molecule has 0 saturated carbocycles. The molecule has 0 saturated heterocycles. The van der Waals surface area contributed by atoms with Gasteiger partial charge >= 0.3 is 5.97 Å². The molecule has 1 aliphatic rings. The average Bonchev–Trinajstić information content (AvgIpc) is 2.82. The second kappa shape index (κ2) is 6.07. The second-order valence-electron chi connectivity index (χ2n) is 5.64. The van der Waals surface area contributed by atoms with Gasteiger partial charge in [0.2, 0.25) is 5.91 Å². The van der Waals surface area contributed by atoms with Gasteiger partial charge in [-0.15, -0.1) is 0 Å². The minimum atomic E-state index is -0.971. The van der Waals surface area contributed by atoms with Crippen molar-refractivity contribution >= 4 is 11.9 Å². The molecule has 0 radical (unpaired) electrons. The molecular formula is C16H21NO3. The molecule has 0 aromatic heterocycles. The molecule has 0 unspecified atom stereocenters. The molecule has 1 amide bonds. The summed E-state index contributed by atoms with van der Waals surface area (Å²) in [5, 5.41) is 8.88. The van der Waals surface area contributed by atoms with Crippen molar-refractivity contribution in [1.29, 1.82) is 0 Å². The number of nitrogens with zero attached hydrogens (tertiary/aromatic N) is 1. The Bertz CT molecular complexity index is 522. The molecule has 1 aliphatic carbocycles. The monoisotopic (exact) mass is 275 g/mol. The lowest BCUT2D eigenvalue weighted by molar-refractivity contribution is -0.145. The number of amides is 1. The van der Waals surface area contributed by atoms with Crippen LogP contribution >= 0.6 is 0 Å². The molecule has 2 rings (SSSR count). The number of hydrogen-bond acceptors (Lipinski definition) is 2. The van der Waals surface area contributed by atoms with Gasteiger partial charge in [0.15, 0.2) is 0 Å². The molecule has 0 atom stereocenters. The highest BCUT2D eigenvalue weighted by Gasteiger charge is 2.20. The zero-order chi connectivity index (χ0) is 14.7. The van der Waals surface area contributed by atoms with Crippen LogP contribution in [0.15, 0.2) is 18.2 Å². The lowest BCUT2D eigenvalue weighted by Gasteiger charge is -2.25. The van der Waals surface area contributed by atoms with E-state index in [2.05, 4.69) is 12.1 Å². The fourth-order valence-corrected chi connectivity index (χ4v) is 2.72. The van der Waals surface area contributed by atoms with Gasteiger partial charge in [-0.25, -0.2) is 0 Å². The number of benzene rings is 1. The van der Waals surface area contributed by atoms with Crippen molar-refractivity contribution in [3.63, 3.8) is 0 Å². The number of carbonyl (C=O) groups excluding carboxylic acids is 1. The zero-order valence-corrected chi connectivity index (χ0v) is 12.1. The van der Waals surface area contributed by atoms with E-state index in [9.17, 15) is 9.59 Å². The van der Waals surface area contributed by atoms with Gasteiger partial charge in [0.25, 0.3) is 0 Å². The number of carboxylic acids is 1. The van der Waals surface area contributed by atoms with Gasteiger partial charge in [0.1, 0.15) is 6.54 Å². The summed E-state index contributed by atoms with van der Waals surface area (Å²) in [7, 11) is 0. The minimum Gasteiger partial charge on any atom is -0.480 e. The summed E-state index contributed by atoms with van der Waals surface area (Å²) in [6.07, 6.45) is 3.67. The summed E-state index contributed by atoms with van der Waals surface area (Å²) in [5.41, 5.74) is 3.70. The van der Waals surface area contributed by atoms with Crippen molar-refractivity contribution in [2.75, 3.05) is 6.54 Å². The van der Waals surface area contributed by atoms with Crippen molar-refractivity contribution in [2.24, 2.45) is 0 Å². The molecule has 1 aromatic rings.